The second kappa shape index (κ2) is 12.2. The van der Waals surface area contributed by atoms with Crippen LogP contribution in [0.25, 0.3) is 11.4 Å². The summed E-state index contributed by atoms with van der Waals surface area (Å²) in [5.74, 6) is 0.231. The van der Waals surface area contributed by atoms with Gasteiger partial charge in [-0.1, -0.05) is 41.4 Å². The summed E-state index contributed by atoms with van der Waals surface area (Å²) in [6.45, 7) is 2.89. The van der Waals surface area contributed by atoms with E-state index in [1.54, 1.807) is 36.4 Å². The molecule has 0 saturated carbocycles. The van der Waals surface area contributed by atoms with Gasteiger partial charge < -0.3 is 19.4 Å². The first kappa shape index (κ1) is 26.6. The maximum absolute atomic E-state index is 13.8. The summed E-state index contributed by atoms with van der Waals surface area (Å²) in [6.07, 6.45) is 3.35. The van der Waals surface area contributed by atoms with E-state index in [0.29, 0.717) is 35.3 Å². The number of aryl methyl sites for hydroxylation is 1. The van der Waals surface area contributed by atoms with E-state index in [0.717, 1.165) is 24.0 Å². The molecule has 1 saturated heterocycles. The molecule has 11 heteroatoms. The molecule has 2 aromatic heterocycles. The molecule has 0 radical (unpaired) electrons. The second-order valence-corrected chi connectivity index (χ2v) is 9.88. The van der Waals surface area contributed by atoms with Crippen LogP contribution in [0.2, 0.25) is 5.02 Å². The normalized spacial score (nSPS) is 15.7. The summed E-state index contributed by atoms with van der Waals surface area (Å²) in [5, 5.41) is 16.1. The van der Waals surface area contributed by atoms with Crippen molar-refractivity contribution in [1.29, 1.82) is 0 Å². The second-order valence-electron chi connectivity index (χ2n) is 9.44. The van der Waals surface area contributed by atoms with E-state index in [-0.39, 0.29) is 31.0 Å². The molecule has 4 aromatic rings. The van der Waals surface area contributed by atoms with Gasteiger partial charge in [0.1, 0.15) is 18.3 Å². The minimum absolute atomic E-state index is 0.0347. The van der Waals surface area contributed by atoms with Gasteiger partial charge in [0.05, 0.1) is 18.9 Å². The first-order valence-electron chi connectivity index (χ1n) is 12.8. The highest BCUT2D eigenvalue weighted by Gasteiger charge is 2.33. The number of carbonyl (C=O) groups excluding carboxylic acids is 2. The molecule has 0 aliphatic carbocycles. The number of amides is 2. The van der Waals surface area contributed by atoms with Gasteiger partial charge in [0.15, 0.2) is 0 Å². The number of furan rings is 1. The van der Waals surface area contributed by atoms with E-state index in [9.17, 15) is 9.59 Å². The van der Waals surface area contributed by atoms with Crippen LogP contribution in [0.4, 0.5) is 0 Å². The molecular weight excluding hydrogens is 520 g/mol. The van der Waals surface area contributed by atoms with Crippen LogP contribution in [-0.4, -0.2) is 56.2 Å². The van der Waals surface area contributed by atoms with Gasteiger partial charge in [0.2, 0.25) is 17.6 Å². The lowest BCUT2D eigenvalue weighted by atomic mass is 10.0. The summed E-state index contributed by atoms with van der Waals surface area (Å²) in [5.41, 5.74) is 2.44. The molecule has 1 fully saturated rings. The molecule has 1 N–H and O–H groups in total. The Labute approximate surface area is 230 Å². The topological polar surface area (TPSA) is 115 Å². The maximum atomic E-state index is 13.8. The van der Waals surface area contributed by atoms with Crippen molar-refractivity contribution in [2.24, 2.45) is 0 Å². The third kappa shape index (κ3) is 6.71. The Balaban J connectivity index is 1.42. The highest BCUT2D eigenvalue weighted by Crippen LogP contribution is 2.26. The summed E-state index contributed by atoms with van der Waals surface area (Å²) in [7, 11) is 0. The first-order chi connectivity index (χ1) is 19.0. The molecule has 1 aliphatic rings. The summed E-state index contributed by atoms with van der Waals surface area (Å²) < 4.78 is 11.2. The van der Waals surface area contributed by atoms with Crippen LogP contribution in [-0.2, 0) is 27.4 Å². The van der Waals surface area contributed by atoms with E-state index < -0.39 is 6.04 Å². The minimum Gasteiger partial charge on any atom is -0.467 e. The lowest BCUT2D eigenvalue weighted by molar-refractivity contribution is -0.142. The van der Waals surface area contributed by atoms with Crippen molar-refractivity contribution < 1.29 is 18.7 Å². The van der Waals surface area contributed by atoms with Crippen molar-refractivity contribution in [2.75, 3.05) is 13.2 Å². The molecule has 2 atom stereocenters. The van der Waals surface area contributed by atoms with Gasteiger partial charge in [-0.2, -0.15) is 4.80 Å². The third-order valence-corrected chi connectivity index (χ3v) is 6.79. The predicted molar refractivity (Wildman–Crippen MR) is 143 cm³/mol. The maximum Gasteiger partial charge on any atom is 0.247 e. The van der Waals surface area contributed by atoms with Gasteiger partial charge in [-0.05, 0) is 66.9 Å². The number of rotatable bonds is 10. The van der Waals surface area contributed by atoms with Crippen molar-refractivity contribution in [3.63, 3.8) is 0 Å². The molecule has 0 unspecified atom stereocenters. The largest absolute Gasteiger partial charge is 0.467 e. The van der Waals surface area contributed by atoms with Crippen molar-refractivity contribution in [3.05, 3.63) is 88.8 Å². The lowest BCUT2D eigenvalue weighted by Gasteiger charge is -2.31. The lowest BCUT2D eigenvalue weighted by Crippen LogP contribution is -2.46. The number of ether oxygens (including phenoxy) is 1. The van der Waals surface area contributed by atoms with Crippen LogP contribution < -0.4 is 5.32 Å². The van der Waals surface area contributed by atoms with E-state index in [4.69, 9.17) is 20.8 Å². The predicted octanol–water partition coefficient (Wildman–Crippen LogP) is 3.96. The van der Waals surface area contributed by atoms with Gasteiger partial charge in [0, 0.05) is 23.7 Å². The molecule has 0 bridgehead atoms. The average molecular weight is 549 g/mol. The zero-order chi connectivity index (χ0) is 27.2. The number of nitrogens with zero attached hydrogens (tertiary/aromatic N) is 5. The molecule has 202 valence electrons. The Morgan fingerprint density at radius 1 is 1.15 bits per heavy atom. The van der Waals surface area contributed by atoms with Crippen molar-refractivity contribution in [1.82, 2.24) is 30.4 Å². The molecule has 10 nitrogen and oxygen atoms in total. The molecule has 2 amide bonds. The van der Waals surface area contributed by atoms with Crippen LogP contribution in [0.1, 0.15) is 35.8 Å². The smallest absolute Gasteiger partial charge is 0.247 e. The summed E-state index contributed by atoms with van der Waals surface area (Å²) >= 11 is 5.98. The van der Waals surface area contributed by atoms with Gasteiger partial charge in [-0.3, -0.25) is 9.59 Å². The fraction of sp³-hybridized carbons (Fsp3) is 0.321. The number of tetrazole rings is 1. The van der Waals surface area contributed by atoms with Crippen LogP contribution in [0, 0.1) is 6.92 Å². The number of benzene rings is 2. The van der Waals surface area contributed by atoms with Crippen LogP contribution in [0.15, 0.2) is 71.3 Å². The van der Waals surface area contributed by atoms with Gasteiger partial charge in [-0.15, -0.1) is 10.2 Å². The standard InChI is InChI=1S/C28H29ClN6O4/c1-19-6-8-20(9-7-19)26(28(37)30-16-23-4-2-14-38-23)34(17-24-5-3-15-39-24)25(36)18-35-32-27(31-33-35)21-10-12-22(29)13-11-21/h3,5-13,15,23,26H,2,4,14,16-18H2,1H3,(H,30,37)/t23-,26+/m1/s1. The highest BCUT2D eigenvalue weighted by molar-refractivity contribution is 6.30. The van der Waals surface area contributed by atoms with Crippen LogP contribution >= 0.6 is 11.6 Å². The molecule has 3 heterocycles. The zero-order valence-electron chi connectivity index (χ0n) is 21.5. The van der Waals surface area contributed by atoms with Crippen LogP contribution in [0.5, 0.6) is 0 Å². The zero-order valence-corrected chi connectivity index (χ0v) is 22.3. The SMILES string of the molecule is Cc1ccc([C@@H](C(=O)NC[C@H]2CCCO2)N(Cc2ccco2)C(=O)Cn2nnc(-c3ccc(Cl)cc3)n2)cc1. The number of nitrogens with one attached hydrogen (secondary N) is 1. The number of aromatic nitrogens is 4. The number of carbonyl (C=O) groups is 2. The Bertz CT molecular complexity index is 1380. The van der Waals surface area contributed by atoms with Crippen molar-refractivity contribution in [2.45, 2.75) is 45.0 Å². The van der Waals surface area contributed by atoms with E-state index in [1.807, 2.05) is 31.2 Å². The minimum atomic E-state index is -0.913. The first-order valence-corrected chi connectivity index (χ1v) is 13.2. The molecular formula is C28H29ClN6O4. The van der Waals surface area contributed by atoms with Crippen molar-refractivity contribution in [3.8, 4) is 11.4 Å². The van der Waals surface area contributed by atoms with Gasteiger partial charge in [0.25, 0.3) is 0 Å². The molecule has 0 spiro atoms. The highest BCUT2D eigenvalue weighted by atomic mass is 35.5. The average Bonchev–Trinajstić information content (AvgIpc) is 3.72. The van der Waals surface area contributed by atoms with Crippen LogP contribution in [0.3, 0.4) is 0 Å². The number of hydrogen-bond acceptors (Lipinski definition) is 7. The molecule has 5 rings (SSSR count). The Morgan fingerprint density at radius 2 is 1.95 bits per heavy atom. The third-order valence-electron chi connectivity index (χ3n) is 6.54. The van der Waals surface area contributed by atoms with Gasteiger partial charge >= 0.3 is 0 Å². The monoisotopic (exact) mass is 548 g/mol. The Hall–Kier alpha value is -4.02. The quantitative estimate of drug-likeness (QED) is 0.319. The molecule has 2 aromatic carbocycles. The van der Waals surface area contributed by atoms with Crippen molar-refractivity contribution >= 4 is 23.4 Å². The Morgan fingerprint density at radius 3 is 2.64 bits per heavy atom. The van der Waals surface area contributed by atoms with E-state index in [2.05, 4.69) is 20.7 Å². The number of hydrogen-bond donors (Lipinski definition) is 1. The van der Waals surface area contributed by atoms with E-state index >= 15 is 0 Å². The fourth-order valence-electron chi connectivity index (χ4n) is 4.47. The summed E-state index contributed by atoms with van der Waals surface area (Å²) in [6, 6.07) is 17.2. The van der Waals surface area contributed by atoms with E-state index in [1.165, 1.54) is 16.0 Å². The molecule has 1 aliphatic heterocycles. The Kier molecular flexibility index (Phi) is 8.33. The number of halogens is 1. The fourth-order valence-corrected chi connectivity index (χ4v) is 4.59. The summed E-state index contributed by atoms with van der Waals surface area (Å²) in [4.78, 5) is 30.2. The van der Waals surface area contributed by atoms with Gasteiger partial charge in [-0.25, -0.2) is 0 Å². The molecule has 39 heavy (non-hydrogen) atoms.